The Morgan fingerprint density at radius 1 is 1.18 bits per heavy atom. The van der Waals surface area contributed by atoms with Gasteiger partial charge in [0.1, 0.15) is 5.01 Å². The number of hydrogen-bond acceptors (Lipinski definition) is 4. The number of nitrogens with zero attached hydrogens (tertiary/aromatic N) is 3. The van der Waals surface area contributed by atoms with E-state index in [0.29, 0.717) is 6.54 Å². The average molecular weight is 317 g/mol. The highest BCUT2D eigenvalue weighted by Gasteiger charge is 2.01. The van der Waals surface area contributed by atoms with E-state index in [4.69, 9.17) is 0 Å². The summed E-state index contributed by atoms with van der Waals surface area (Å²) in [6.45, 7) is 8.40. The zero-order valence-corrected chi connectivity index (χ0v) is 14.2. The van der Waals surface area contributed by atoms with Gasteiger partial charge >= 0.3 is 0 Å². The van der Waals surface area contributed by atoms with E-state index in [1.54, 1.807) is 11.3 Å². The molecule has 2 N–H and O–H groups in total. The fraction of sp³-hybridized carbons (Fsp3) is 0.438. The number of rotatable bonds is 6. The lowest BCUT2D eigenvalue weighted by atomic mass is 10.2. The van der Waals surface area contributed by atoms with E-state index in [1.165, 1.54) is 10.4 Å². The fourth-order valence-electron chi connectivity index (χ4n) is 1.93. The summed E-state index contributed by atoms with van der Waals surface area (Å²) >= 11 is 1.69. The fourth-order valence-corrected chi connectivity index (χ4v) is 2.65. The van der Waals surface area contributed by atoms with Gasteiger partial charge in [-0.3, -0.25) is 4.98 Å². The molecule has 0 unspecified atom stereocenters. The maximum Gasteiger partial charge on any atom is 0.191 e. The summed E-state index contributed by atoms with van der Waals surface area (Å²) in [7, 11) is 0. The van der Waals surface area contributed by atoms with E-state index in [9.17, 15) is 0 Å². The second kappa shape index (κ2) is 8.48. The first-order chi connectivity index (χ1) is 10.7. The minimum atomic E-state index is 0.611. The third-order valence-electron chi connectivity index (χ3n) is 3.06. The van der Waals surface area contributed by atoms with Crippen molar-refractivity contribution in [3.05, 3.63) is 45.7 Å². The minimum Gasteiger partial charge on any atom is -0.357 e. The van der Waals surface area contributed by atoms with Crippen molar-refractivity contribution in [2.45, 2.75) is 33.7 Å². The van der Waals surface area contributed by atoms with Crippen LogP contribution in [0.2, 0.25) is 0 Å². The number of aliphatic imine (C=N–C) groups is 1. The monoisotopic (exact) mass is 317 g/mol. The van der Waals surface area contributed by atoms with Gasteiger partial charge in [0.25, 0.3) is 0 Å². The van der Waals surface area contributed by atoms with Crippen LogP contribution in [-0.2, 0) is 13.0 Å². The molecule has 0 atom stereocenters. The van der Waals surface area contributed by atoms with Crippen molar-refractivity contribution in [2.75, 3.05) is 13.1 Å². The van der Waals surface area contributed by atoms with E-state index in [2.05, 4.69) is 45.5 Å². The van der Waals surface area contributed by atoms with Crippen molar-refractivity contribution in [3.8, 4) is 0 Å². The summed E-state index contributed by atoms with van der Waals surface area (Å²) in [4.78, 5) is 14.4. The number of guanidine groups is 1. The molecular weight excluding hydrogens is 294 g/mol. The van der Waals surface area contributed by atoms with Crippen LogP contribution in [0.4, 0.5) is 0 Å². The molecule has 22 heavy (non-hydrogen) atoms. The molecule has 2 heterocycles. The first-order valence-electron chi connectivity index (χ1n) is 7.52. The Labute approximate surface area is 135 Å². The van der Waals surface area contributed by atoms with Crippen molar-refractivity contribution in [3.63, 3.8) is 0 Å². The molecule has 0 amide bonds. The molecule has 0 aromatic carbocycles. The maximum atomic E-state index is 4.57. The summed E-state index contributed by atoms with van der Waals surface area (Å²) in [5, 5.41) is 7.64. The van der Waals surface area contributed by atoms with Crippen LogP contribution in [0, 0.1) is 13.8 Å². The van der Waals surface area contributed by atoms with Gasteiger partial charge in [-0.15, -0.1) is 11.3 Å². The summed E-state index contributed by atoms with van der Waals surface area (Å²) in [6, 6.07) is 4.16. The molecule has 5 nitrogen and oxygen atoms in total. The predicted octanol–water partition coefficient (Wildman–Crippen LogP) is 2.45. The molecule has 0 aliphatic heterocycles. The highest BCUT2D eigenvalue weighted by molar-refractivity contribution is 7.11. The highest BCUT2D eigenvalue weighted by Crippen LogP contribution is 2.11. The summed E-state index contributed by atoms with van der Waals surface area (Å²) < 4.78 is 0. The van der Waals surface area contributed by atoms with Crippen LogP contribution >= 0.6 is 11.3 Å². The Morgan fingerprint density at radius 2 is 2.05 bits per heavy atom. The summed E-state index contributed by atoms with van der Waals surface area (Å²) in [5.41, 5.74) is 2.27. The van der Waals surface area contributed by atoms with Gasteiger partial charge < -0.3 is 10.6 Å². The molecule has 0 bridgehead atoms. The number of nitrogens with one attached hydrogen (secondary N) is 2. The Balaban J connectivity index is 1.84. The maximum absolute atomic E-state index is 4.57. The molecule has 0 saturated heterocycles. The van der Waals surface area contributed by atoms with E-state index >= 15 is 0 Å². The predicted molar refractivity (Wildman–Crippen MR) is 92.3 cm³/mol. The number of hydrogen-bond donors (Lipinski definition) is 2. The third kappa shape index (κ3) is 5.44. The Bertz CT molecular complexity index is 603. The first-order valence-corrected chi connectivity index (χ1v) is 8.34. The van der Waals surface area contributed by atoms with Gasteiger partial charge in [0.05, 0.1) is 6.54 Å². The third-order valence-corrected chi connectivity index (χ3v) is 3.96. The quantitative estimate of drug-likeness (QED) is 0.634. The Hall–Kier alpha value is -1.95. The van der Waals surface area contributed by atoms with Gasteiger partial charge in [-0.1, -0.05) is 6.07 Å². The number of aryl methyl sites for hydroxylation is 2. The second-order valence-corrected chi connectivity index (χ2v) is 6.36. The zero-order chi connectivity index (χ0) is 15.8. The van der Waals surface area contributed by atoms with Crippen LogP contribution < -0.4 is 10.6 Å². The van der Waals surface area contributed by atoms with Crippen molar-refractivity contribution in [1.29, 1.82) is 0 Å². The zero-order valence-electron chi connectivity index (χ0n) is 13.4. The Kier molecular flexibility index (Phi) is 6.33. The summed E-state index contributed by atoms with van der Waals surface area (Å²) in [6.07, 6.45) is 4.74. The van der Waals surface area contributed by atoms with Gasteiger partial charge in [-0.25, -0.2) is 9.98 Å². The first kappa shape index (κ1) is 16.4. The minimum absolute atomic E-state index is 0.611. The van der Waals surface area contributed by atoms with Crippen LogP contribution in [0.25, 0.3) is 0 Å². The molecule has 118 valence electrons. The Morgan fingerprint density at radius 3 is 2.68 bits per heavy atom. The molecule has 2 aromatic rings. The largest absolute Gasteiger partial charge is 0.357 e. The van der Waals surface area contributed by atoms with Gasteiger partial charge in [0, 0.05) is 36.1 Å². The van der Waals surface area contributed by atoms with Crippen LogP contribution in [-0.4, -0.2) is 29.0 Å². The number of aromatic nitrogens is 2. The van der Waals surface area contributed by atoms with Gasteiger partial charge in [0.15, 0.2) is 5.96 Å². The lowest BCUT2D eigenvalue weighted by Crippen LogP contribution is -2.38. The van der Waals surface area contributed by atoms with Crippen molar-refractivity contribution in [2.24, 2.45) is 4.99 Å². The lowest BCUT2D eigenvalue weighted by molar-refractivity contribution is 0.796. The van der Waals surface area contributed by atoms with E-state index in [0.717, 1.165) is 36.2 Å². The molecule has 0 spiro atoms. The van der Waals surface area contributed by atoms with Gasteiger partial charge in [-0.05, 0) is 38.8 Å². The standard InChI is InChI=1S/C16H23N5S/c1-4-17-16(21-11-15-20-9-13(3)22-15)18-8-7-14-6-5-12(2)19-10-14/h5-6,9-10H,4,7-8,11H2,1-3H3,(H2,17,18,21). The topological polar surface area (TPSA) is 62.2 Å². The summed E-state index contributed by atoms with van der Waals surface area (Å²) in [5.74, 6) is 0.829. The lowest BCUT2D eigenvalue weighted by Gasteiger charge is -2.10. The smallest absolute Gasteiger partial charge is 0.191 e. The van der Waals surface area contributed by atoms with Crippen LogP contribution in [0.1, 0.15) is 28.1 Å². The molecule has 2 rings (SSSR count). The van der Waals surface area contributed by atoms with E-state index < -0.39 is 0 Å². The van der Waals surface area contributed by atoms with Crippen LogP contribution in [0.15, 0.2) is 29.5 Å². The van der Waals surface area contributed by atoms with Crippen molar-refractivity contribution < 1.29 is 0 Å². The van der Waals surface area contributed by atoms with Crippen LogP contribution in [0.5, 0.6) is 0 Å². The van der Waals surface area contributed by atoms with E-state index in [-0.39, 0.29) is 0 Å². The SMILES string of the molecule is CCNC(=NCc1ncc(C)s1)NCCc1ccc(C)nc1. The molecule has 6 heteroatoms. The average Bonchev–Trinajstić information content (AvgIpc) is 2.92. The molecule has 0 aliphatic rings. The normalized spacial score (nSPS) is 11.5. The second-order valence-electron chi connectivity index (χ2n) is 5.04. The molecule has 0 saturated carbocycles. The van der Waals surface area contributed by atoms with Crippen molar-refractivity contribution in [1.82, 2.24) is 20.6 Å². The van der Waals surface area contributed by atoms with Crippen LogP contribution in [0.3, 0.4) is 0 Å². The molecule has 0 radical (unpaired) electrons. The van der Waals surface area contributed by atoms with Gasteiger partial charge in [0.2, 0.25) is 0 Å². The number of thiazole rings is 1. The number of pyridine rings is 1. The van der Waals surface area contributed by atoms with E-state index in [1.807, 2.05) is 25.4 Å². The van der Waals surface area contributed by atoms with Crippen molar-refractivity contribution >= 4 is 17.3 Å². The molecule has 0 aliphatic carbocycles. The molecular formula is C16H23N5S. The van der Waals surface area contributed by atoms with Gasteiger partial charge in [-0.2, -0.15) is 0 Å². The molecule has 2 aromatic heterocycles. The molecule has 0 fully saturated rings. The highest BCUT2D eigenvalue weighted by atomic mass is 32.1.